The Bertz CT molecular complexity index is 1260. The van der Waals surface area contributed by atoms with Crippen molar-refractivity contribution in [3.8, 4) is 0 Å². The lowest BCUT2D eigenvalue weighted by atomic mass is 10.1. The van der Waals surface area contributed by atoms with Gasteiger partial charge in [-0.05, 0) is 61.9 Å². The lowest BCUT2D eigenvalue weighted by molar-refractivity contribution is 0.0954. The van der Waals surface area contributed by atoms with Gasteiger partial charge in [-0.1, -0.05) is 30.3 Å². The maximum Gasteiger partial charge on any atom is 0.251 e. The number of benzene rings is 2. The van der Waals surface area contributed by atoms with Gasteiger partial charge in [0, 0.05) is 36.3 Å². The molecule has 32 heavy (non-hydrogen) atoms. The first kappa shape index (κ1) is 20.4. The molecule has 1 aliphatic rings. The highest BCUT2D eigenvalue weighted by molar-refractivity contribution is 5.97. The second kappa shape index (κ2) is 8.91. The molecule has 6 nitrogen and oxygen atoms in total. The highest BCUT2D eigenvalue weighted by Crippen LogP contribution is 2.22. The standard InChI is InChI=1S/C26H26N4O2/c1-17-20-8-5-9-21(20)29-24(28-17)14-15-27-26(31)19-11-12-23-22(16-19)30-25(32-23)13-10-18-6-3-2-4-7-18/h2-4,6-7,11-12,16H,5,8-10,13-15H2,1H3,(H,27,31). The number of carbonyl (C=O) groups is 1. The Morgan fingerprint density at radius 1 is 1.00 bits per heavy atom. The largest absolute Gasteiger partial charge is 0.441 e. The zero-order valence-electron chi connectivity index (χ0n) is 18.2. The van der Waals surface area contributed by atoms with Crippen LogP contribution in [-0.2, 0) is 32.1 Å². The average molecular weight is 427 g/mol. The van der Waals surface area contributed by atoms with Crippen LogP contribution in [0.25, 0.3) is 11.1 Å². The molecular formula is C26H26N4O2. The van der Waals surface area contributed by atoms with Crippen molar-refractivity contribution in [1.29, 1.82) is 0 Å². The normalized spacial score (nSPS) is 12.8. The minimum Gasteiger partial charge on any atom is -0.441 e. The van der Waals surface area contributed by atoms with Crippen molar-refractivity contribution in [2.75, 3.05) is 6.54 Å². The zero-order valence-corrected chi connectivity index (χ0v) is 18.2. The molecule has 0 atom stereocenters. The van der Waals surface area contributed by atoms with Crippen LogP contribution < -0.4 is 5.32 Å². The summed E-state index contributed by atoms with van der Waals surface area (Å²) in [5.74, 6) is 1.36. The summed E-state index contributed by atoms with van der Waals surface area (Å²) in [6.45, 7) is 2.55. The van der Waals surface area contributed by atoms with E-state index in [2.05, 4.69) is 39.3 Å². The van der Waals surface area contributed by atoms with E-state index in [9.17, 15) is 4.79 Å². The molecule has 162 valence electrons. The van der Waals surface area contributed by atoms with Crippen molar-refractivity contribution < 1.29 is 9.21 Å². The van der Waals surface area contributed by atoms with Crippen LogP contribution in [0.15, 0.2) is 52.9 Å². The molecule has 4 aromatic rings. The molecule has 2 aromatic heterocycles. The molecule has 6 heteroatoms. The molecule has 5 rings (SSSR count). The fourth-order valence-corrected chi connectivity index (χ4v) is 4.30. The quantitative estimate of drug-likeness (QED) is 0.480. The van der Waals surface area contributed by atoms with Crippen LogP contribution in [0.5, 0.6) is 0 Å². The highest BCUT2D eigenvalue weighted by Gasteiger charge is 2.17. The van der Waals surface area contributed by atoms with Gasteiger partial charge >= 0.3 is 0 Å². The van der Waals surface area contributed by atoms with Gasteiger partial charge in [-0.15, -0.1) is 0 Å². The molecule has 0 fully saturated rings. The molecule has 1 aliphatic carbocycles. The van der Waals surface area contributed by atoms with Gasteiger partial charge in [-0.3, -0.25) is 4.79 Å². The average Bonchev–Trinajstić information content (AvgIpc) is 3.44. The fraction of sp³-hybridized carbons (Fsp3) is 0.308. The molecule has 1 amide bonds. The molecule has 0 spiro atoms. The minimum atomic E-state index is -0.126. The number of fused-ring (bicyclic) bond motifs is 2. The Labute approximate surface area is 187 Å². The van der Waals surface area contributed by atoms with Crippen LogP contribution >= 0.6 is 0 Å². The fourth-order valence-electron chi connectivity index (χ4n) is 4.30. The second-order valence-corrected chi connectivity index (χ2v) is 8.29. The van der Waals surface area contributed by atoms with Crippen LogP contribution in [0.1, 0.15) is 51.0 Å². The number of carbonyl (C=O) groups excluding carboxylic acids is 1. The topological polar surface area (TPSA) is 80.9 Å². The van der Waals surface area contributed by atoms with E-state index in [0.717, 1.165) is 43.6 Å². The van der Waals surface area contributed by atoms with E-state index < -0.39 is 0 Å². The van der Waals surface area contributed by atoms with Crippen molar-refractivity contribution in [2.24, 2.45) is 0 Å². The van der Waals surface area contributed by atoms with Gasteiger partial charge in [0.1, 0.15) is 11.3 Å². The monoisotopic (exact) mass is 426 g/mol. The summed E-state index contributed by atoms with van der Waals surface area (Å²) < 4.78 is 5.85. The molecule has 0 radical (unpaired) electrons. The Hall–Kier alpha value is -3.54. The maximum absolute atomic E-state index is 12.6. The Morgan fingerprint density at radius 3 is 2.75 bits per heavy atom. The van der Waals surface area contributed by atoms with E-state index in [4.69, 9.17) is 4.42 Å². The molecule has 0 saturated carbocycles. The number of oxazole rings is 1. The maximum atomic E-state index is 12.6. The summed E-state index contributed by atoms with van der Waals surface area (Å²) in [4.78, 5) is 26.5. The minimum absolute atomic E-state index is 0.126. The van der Waals surface area contributed by atoms with Crippen LogP contribution in [0.2, 0.25) is 0 Å². The summed E-state index contributed by atoms with van der Waals surface area (Å²) in [6.07, 6.45) is 5.48. The number of hydrogen-bond donors (Lipinski definition) is 1. The SMILES string of the molecule is Cc1nc(CCNC(=O)c2ccc3oc(CCc4ccccc4)nc3c2)nc2c1CCC2. The van der Waals surface area contributed by atoms with Crippen LogP contribution in [-0.4, -0.2) is 27.4 Å². The molecule has 2 heterocycles. The number of aryl methyl sites for hydroxylation is 4. The van der Waals surface area contributed by atoms with E-state index in [1.807, 2.05) is 24.3 Å². The summed E-state index contributed by atoms with van der Waals surface area (Å²) in [7, 11) is 0. The number of nitrogens with zero attached hydrogens (tertiary/aromatic N) is 3. The molecule has 2 aromatic carbocycles. The molecule has 0 bridgehead atoms. The number of aromatic nitrogens is 3. The predicted molar refractivity (Wildman–Crippen MR) is 123 cm³/mol. The molecule has 0 saturated heterocycles. The van der Waals surface area contributed by atoms with Gasteiger partial charge in [0.2, 0.25) is 0 Å². The van der Waals surface area contributed by atoms with Crippen molar-refractivity contribution in [3.05, 3.63) is 88.3 Å². The van der Waals surface area contributed by atoms with Crippen LogP contribution in [0.4, 0.5) is 0 Å². The van der Waals surface area contributed by atoms with E-state index >= 15 is 0 Å². The third-order valence-electron chi connectivity index (χ3n) is 5.98. The third kappa shape index (κ3) is 4.40. The van der Waals surface area contributed by atoms with Gasteiger partial charge in [0.25, 0.3) is 5.91 Å². The van der Waals surface area contributed by atoms with Crippen LogP contribution in [0.3, 0.4) is 0 Å². The van der Waals surface area contributed by atoms with Crippen LogP contribution in [0, 0.1) is 6.92 Å². The number of rotatable bonds is 7. The molecular weight excluding hydrogens is 400 g/mol. The van der Waals surface area contributed by atoms with Gasteiger partial charge < -0.3 is 9.73 Å². The number of amides is 1. The Morgan fingerprint density at radius 2 is 1.88 bits per heavy atom. The zero-order chi connectivity index (χ0) is 21.9. The Balaban J connectivity index is 1.20. The smallest absolute Gasteiger partial charge is 0.251 e. The number of nitrogens with one attached hydrogen (secondary N) is 1. The summed E-state index contributed by atoms with van der Waals surface area (Å²) >= 11 is 0. The lowest BCUT2D eigenvalue weighted by Gasteiger charge is -2.08. The van der Waals surface area contributed by atoms with Crippen molar-refractivity contribution >= 4 is 17.0 Å². The first-order chi connectivity index (χ1) is 15.7. The Kier molecular flexibility index (Phi) is 5.67. The van der Waals surface area contributed by atoms with Gasteiger partial charge in [0.15, 0.2) is 11.5 Å². The summed E-state index contributed by atoms with van der Waals surface area (Å²) in [5.41, 5.74) is 6.79. The number of hydrogen-bond acceptors (Lipinski definition) is 5. The summed E-state index contributed by atoms with van der Waals surface area (Å²) in [5, 5.41) is 2.98. The van der Waals surface area contributed by atoms with Gasteiger partial charge in [-0.2, -0.15) is 0 Å². The van der Waals surface area contributed by atoms with Crippen molar-refractivity contribution in [2.45, 2.75) is 45.4 Å². The van der Waals surface area contributed by atoms with E-state index in [0.29, 0.717) is 35.5 Å². The van der Waals surface area contributed by atoms with E-state index in [1.54, 1.807) is 12.1 Å². The van der Waals surface area contributed by atoms with Gasteiger partial charge in [0.05, 0.1) is 0 Å². The highest BCUT2D eigenvalue weighted by atomic mass is 16.3. The predicted octanol–water partition coefficient (Wildman–Crippen LogP) is 4.17. The van der Waals surface area contributed by atoms with E-state index in [-0.39, 0.29) is 5.91 Å². The molecule has 0 unspecified atom stereocenters. The first-order valence-electron chi connectivity index (χ1n) is 11.2. The van der Waals surface area contributed by atoms with Crippen molar-refractivity contribution in [3.63, 3.8) is 0 Å². The lowest BCUT2D eigenvalue weighted by Crippen LogP contribution is -2.26. The summed E-state index contributed by atoms with van der Waals surface area (Å²) in [6, 6.07) is 15.6. The van der Waals surface area contributed by atoms with E-state index in [1.165, 1.54) is 16.8 Å². The van der Waals surface area contributed by atoms with Crippen molar-refractivity contribution in [1.82, 2.24) is 20.3 Å². The second-order valence-electron chi connectivity index (χ2n) is 8.29. The van der Waals surface area contributed by atoms with Gasteiger partial charge in [-0.25, -0.2) is 15.0 Å². The molecule has 1 N–H and O–H groups in total. The third-order valence-corrected chi connectivity index (χ3v) is 5.98. The first-order valence-corrected chi connectivity index (χ1v) is 11.2. The molecule has 0 aliphatic heterocycles.